The Balaban J connectivity index is 2.96. The lowest BCUT2D eigenvalue weighted by Gasteiger charge is -2.36. The molecule has 1 unspecified atom stereocenters. The van der Waals surface area contributed by atoms with E-state index in [9.17, 15) is 22.8 Å². The minimum atomic E-state index is -4.63. The number of nitrogens with two attached hydrogens (primary N) is 1. The van der Waals surface area contributed by atoms with Crippen LogP contribution < -0.4 is 11.1 Å². The second-order valence-corrected chi connectivity index (χ2v) is 5.79. The van der Waals surface area contributed by atoms with Crippen LogP contribution in [0, 0.1) is 0 Å². The highest BCUT2D eigenvalue weighted by molar-refractivity contribution is 5.87. The molecule has 0 aromatic rings. The van der Waals surface area contributed by atoms with Crippen LogP contribution in [-0.4, -0.2) is 47.5 Å². The lowest BCUT2D eigenvalue weighted by molar-refractivity contribution is -0.155. The van der Waals surface area contributed by atoms with Crippen molar-refractivity contribution < 1.29 is 32.6 Å². The number of carbonyl (C=O) groups excluding carboxylic acids is 1. The maximum absolute atomic E-state index is 12.3. The zero-order valence-corrected chi connectivity index (χ0v) is 13.6. The molecule has 0 fully saturated rings. The van der Waals surface area contributed by atoms with Gasteiger partial charge in [-0.25, -0.2) is 4.79 Å². The van der Waals surface area contributed by atoms with E-state index >= 15 is 0 Å². The summed E-state index contributed by atoms with van der Waals surface area (Å²) in [5.41, 5.74) is 5.92. The molecule has 1 aliphatic carbocycles. The number of hydrogen-bond acceptors (Lipinski definition) is 4. The molecule has 138 valence electrons. The predicted octanol–water partition coefficient (Wildman–Crippen LogP) is 1.74. The molecule has 1 amide bonds. The third-order valence-corrected chi connectivity index (χ3v) is 3.86. The molecule has 9 heteroatoms. The summed E-state index contributed by atoms with van der Waals surface area (Å²) in [6.45, 7) is 3.74. The minimum absolute atomic E-state index is 0.0276. The summed E-state index contributed by atoms with van der Waals surface area (Å²) < 4.78 is 42.8. The predicted molar refractivity (Wildman–Crippen MR) is 80.2 cm³/mol. The number of rotatable bonds is 7. The van der Waals surface area contributed by atoms with Crippen LogP contribution in [0.3, 0.4) is 0 Å². The normalized spacial score (nSPS) is 24.6. The van der Waals surface area contributed by atoms with Crippen LogP contribution >= 0.6 is 0 Å². The lowest BCUT2D eigenvalue weighted by atomic mass is 9.88. The number of nitrogens with one attached hydrogen (secondary N) is 1. The summed E-state index contributed by atoms with van der Waals surface area (Å²) in [4.78, 5) is 22.8. The Morgan fingerprint density at radius 1 is 1.42 bits per heavy atom. The molecule has 0 aromatic carbocycles. The van der Waals surface area contributed by atoms with E-state index in [1.807, 2.05) is 13.8 Å². The van der Waals surface area contributed by atoms with E-state index in [0.717, 1.165) is 0 Å². The number of halogens is 3. The zero-order chi connectivity index (χ0) is 18.5. The second kappa shape index (κ2) is 8.48. The van der Waals surface area contributed by atoms with Gasteiger partial charge in [-0.2, -0.15) is 13.2 Å². The highest BCUT2D eigenvalue weighted by atomic mass is 19.4. The van der Waals surface area contributed by atoms with Crippen molar-refractivity contribution in [3.63, 3.8) is 0 Å². The third kappa shape index (κ3) is 6.12. The first-order valence-electron chi connectivity index (χ1n) is 7.78. The van der Waals surface area contributed by atoms with Gasteiger partial charge in [-0.3, -0.25) is 4.79 Å². The number of alkyl halides is 3. The summed E-state index contributed by atoms with van der Waals surface area (Å²) in [7, 11) is 0. The topological polar surface area (TPSA) is 102 Å². The molecule has 0 saturated carbocycles. The molecule has 0 heterocycles. The van der Waals surface area contributed by atoms with Crippen molar-refractivity contribution in [2.75, 3.05) is 0 Å². The molecule has 3 atom stereocenters. The van der Waals surface area contributed by atoms with E-state index < -0.39 is 42.7 Å². The lowest BCUT2D eigenvalue weighted by Crippen LogP contribution is -2.57. The molecular formula is C15H23F3N2O4. The number of ether oxygens (including phenoxy) is 1. The van der Waals surface area contributed by atoms with Crippen molar-refractivity contribution in [3.05, 3.63) is 11.6 Å². The summed E-state index contributed by atoms with van der Waals surface area (Å²) in [5, 5.41) is 11.4. The van der Waals surface area contributed by atoms with E-state index in [0.29, 0.717) is 12.8 Å². The van der Waals surface area contributed by atoms with Gasteiger partial charge in [-0.1, -0.05) is 13.8 Å². The Kier molecular flexibility index (Phi) is 7.22. The van der Waals surface area contributed by atoms with Crippen molar-refractivity contribution in [2.24, 2.45) is 5.73 Å². The minimum Gasteiger partial charge on any atom is -0.478 e. The molecule has 1 rings (SSSR count). The standard InChI is InChI=1S/C15H23F3N2O4/c1-3-9(4-2)24-11-6-8(14(22)23)5-10(19)13(11)20-12(21)7-15(16,17)18/h6,9-11,13H,3-5,7,19H2,1-2H3,(H,20,21)(H,22,23)/t10-,11+,13?/m0/s1. The fourth-order valence-electron chi connectivity index (χ4n) is 2.59. The van der Waals surface area contributed by atoms with E-state index in [-0.39, 0.29) is 18.1 Å². The van der Waals surface area contributed by atoms with Crippen molar-refractivity contribution >= 4 is 11.9 Å². The first-order valence-corrected chi connectivity index (χ1v) is 7.78. The van der Waals surface area contributed by atoms with Gasteiger partial charge < -0.3 is 20.9 Å². The van der Waals surface area contributed by atoms with Crippen LogP contribution in [0.4, 0.5) is 13.2 Å². The van der Waals surface area contributed by atoms with Gasteiger partial charge >= 0.3 is 12.1 Å². The second-order valence-electron chi connectivity index (χ2n) is 5.79. The van der Waals surface area contributed by atoms with E-state index in [1.165, 1.54) is 6.08 Å². The average Bonchev–Trinajstić information content (AvgIpc) is 2.45. The Morgan fingerprint density at radius 2 is 2.00 bits per heavy atom. The smallest absolute Gasteiger partial charge is 0.397 e. The zero-order valence-electron chi connectivity index (χ0n) is 13.6. The number of carboxylic acids is 1. The maximum atomic E-state index is 12.3. The molecule has 0 bridgehead atoms. The van der Waals surface area contributed by atoms with Crippen molar-refractivity contribution in [1.82, 2.24) is 5.32 Å². The molecule has 0 saturated heterocycles. The van der Waals surface area contributed by atoms with Crippen LogP contribution in [0.25, 0.3) is 0 Å². The summed E-state index contributed by atoms with van der Waals surface area (Å²) in [6, 6.07) is -1.76. The average molecular weight is 352 g/mol. The van der Waals surface area contributed by atoms with Gasteiger partial charge in [0.05, 0.1) is 18.2 Å². The van der Waals surface area contributed by atoms with Crippen LogP contribution in [0.1, 0.15) is 39.5 Å². The highest BCUT2D eigenvalue weighted by Crippen LogP contribution is 2.24. The highest BCUT2D eigenvalue weighted by Gasteiger charge is 2.38. The summed E-state index contributed by atoms with van der Waals surface area (Å²) in [6.07, 6.45) is -4.81. The van der Waals surface area contributed by atoms with E-state index in [2.05, 4.69) is 5.32 Å². The van der Waals surface area contributed by atoms with Gasteiger partial charge in [0.25, 0.3) is 0 Å². The number of hydrogen-bond donors (Lipinski definition) is 3. The Morgan fingerprint density at radius 3 is 2.46 bits per heavy atom. The molecule has 6 nitrogen and oxygen atoms in total. The number of carboxylic acid groups (broad SMARTS) is 1. The fraction of sp³-hybridized carbons (Fsp3) is 0.733. The molecule has 4 N–H and O–H groups in total. The van der Waals surface area contributed by atoms with Crippen LogP contribution in [0.2, 0.25) is 0 Å². The molecule has 0 aliphatic heterocycles. The van der Waals surface area contributed by atoms with Gasteiger partial charge in [0.2, 0.25) is 5.91 Å². The maximum Gasteiger partial charge on any atom is 0.397 e. The van der Waals surface area contributed by atoms with Crippen LogP contribution in [-0.2, 0) is 14.3 Å². The van der Waals surface area contributed by atoms with Crippen LogP contribution in [0.15, 0.2) is 11.6 Å². The third-order valence-electron chi connectivity index (χ3n) is 3.86. The SMILES string of the molecule is CCC(CC)O[C@@H]1C=C(C(=O)O)C[C@H](N)C1NC(=O)CC(F)(F)F. The first-order chi connectivity index (χ1) is 11.1. The van der Waals surface area contributed by atoms with Crippen molar-refractivity contribution in [1.29, 1.82) is 0 Å². The van der Waals surface area contributed by atoms with E-state index in [4.69, 9.17) is 15.6 Å². The Hall–Kier alpha value is -1.61. The van der Waals surface area contributed by atoms with Gasteiger partial charge in [0.1, 0.15) is 6.42 Å². The van der Waals surface area contributed by atoms with Crippen molar-refractivity contribution in [2.45, 2.75) is 70.0 Å². The quantitative estimate of drug-likeness (QED) is 0.648. The van der Waals surface area contributed by atoms with Crippen molar-refractivity contribution in [3.8, 4) is 0 Å². The number of carbonyl (C=O) groups is 2. The summed E-state index contributed by atoms with van der Waals surface area (Å²) >= 11 is 0. The Bertz CT molecular complexity index is 490. The van der Waals surface area contributed by atoms with Gasteiger partial charge in [-0.05, 0) is 25.3 Å². The molecule has 0 aromatic heterocycles. The summed E-state index contributed by atoms with van der Waals surface area (Å²) in [5.74, 6) is -2.38. The fourth-order valence-corrected chi connectivity index (χ4v) is 2.59. The first kappa shape index (κ1) is 20.4. The molecular weight excluding hydrogens is 329 g/mol. The monoisotopic (exact) mass is 352 g/mol. The van der Waals surface area contributed by atoms with E-state index in [1.54, 1.807) is 0 Å². The van der Waals surface area contributed by atoms with Gasteiger partial charge in [-0.15, -0.1) is 0 Å². The number of amides is 1. The molecule has 24 heavy (non-hydrogen) atoms. The number of aliphatic carboxylic acids is 1. The Labute approximate surface area is 138 Å². The van der Waals surface area contributed by atoms with Gasteiger partial charge in [0, 0.05) is 11.6 Å². The molecule has 0 spiro atoms. The molecule has 1 aliphatic rings. The largest absolute Gasteiger partial charge is 0.478 e. The van der Waals surface area contributed by atoms with Crippen LogP contribution in [0.5, 0.6) is 0 Å². The molecule has 0 radical (unpaired) electrons. The van der Waals surface area contributed by atoms with Gasteiger partial charge in [0.15, 0.2) is 0 Å².